The molecule has 1 aliphatic heterocycles. The molecule has 0 aromatic heterocycles. The van der Waals surface area contributed by atoms with Crippen LogP contribution in [-0.2, 0) is 14.3 Å². The van der Waals surface area contributed by atoms with Crippen molar-refractivity contribution in [1.29, 1.82) is 5.26 Å². The summed E-state index contributed by atoms with van der Waals surface area (Å²) in [5.41, 5.74) is 1.69. The van der Waals surface area contributed by atoms with E-state index >= 15 is 0 Å². The van der Waals surface area contributed by atoms with Gasteiger partial charge < -0.3 is 15.4 Å². The number of nitrogens with zero attached hydrogens (tertiary/aromatic N) is 2. The number of amides is 2. The van der Waals surface area contributed by atoms with Crippen LogP contribution in [0.5, 0.6) is 0 Å². The number of aliphatic imine (C=N–C) groups is 1. The molecule has 2 aromatic rings. The Hall–Kier alpha value is -3.64. The number of ether oxygens (including phenoxy) is 1. The molecule has 0 bridgehead atoms. The molecule has 0 radical (unpaired) electrons. The quantitative estimate of drug-likeness (QED) is 0.603. The number of hydrogen-bond acceptors (Lipinski definition) is 7. The van der Waals surface area contributed by atoms with Gasteiger partial charge in [0, 0.05) is 5.69 Å². The van der Waals surface area contributed by atoms with E-state index in [9.17, 15) is 19.6 Å². The molecule has 0 spiro atoms. The standard InChI is InChI=1S/C24H24N4O4S/c1-3-19(22(30)26-17-12-10-16(11-13-17)23(31)32-4-2)33-24-27-20(15-8-6-5-7-9-15)18(14-25)21(29)28-24/h5-13,18-20H,3-4H2,1-2H3,(H,26,30)(H,27,28,29). The minimum absolute atomic E-state index is 0.262. The van der Waals surface area contributed by atoms with Crippen LogP contribution >= 0.6 is 11.8 Å². The molecule has 170 valence electrons. The first-order valence-corrected chi connectivity index (χ1v) is 11.4. The molecule has 3 rings (SSSR count). The van der Waals surface area contributed by atoms with Crippen molar-refractivity contribution in [3.05, 3.63) is 65.7 Å². The summed E-state index contributed by atoms with van der Waals surface area (Å²) in [4.78, 5) is 41.7. The second-order valence-electron chi connectivity index (χ2n) is 7.19. The van der Waals surface area contributed by atoms with Gasteiger partial charge in [0.15, 0.2) is 11.1 Å². The number of thioether (sulfide) groups is 1. The Morgan fingerprint density at radius 3 is 2.48 bits per heavy atom. The van der Waals surface area contributed by atoms with Crippen molar-refractivity contribution in [2.45, 2.75) is 31.6 Å². The van der Waals surface area contributed by atoms with Gasteiger partial charge in [0.2, 0.25) is 11.8 Å². The zero-order valence-corrected chi connectivity index (χ0v) is 19.1. The molecule has 2 aromatic carbocycles. The molecule has 2 N–H and O–H groups in total. The summed E-state index contributed by atoms with van der Waals surface area (Å²) in [5, 5.41) is 14.7. The first kappa shape index (κ1) is 24.0. The Morgan fingerprint density at radius 2 is 1.88 bits per heavy atom. The summed E-state index contributed by atoms with van der Waals surface area (Å²) in [6.07, 6.45) is 0.490. The van der Waals surface area contributed by atoms with Crippen LogP contribution in [0.2, 0.25) is 0 Å². The molecule has 1 aliphatic rings. The van der Waals surface area contributed by atoms with Gasteiger partial charge in [-0.25, -0.2) is 4.79 Å². The lowest BCUT2D eigenvalue weighted by Gasteiger charge is -2.26. The van der Waals surface area contributed by atoms with Crippen LogP contribution in [0.3, 0.4) is 0 Å². The minimum Gasteiger partial charge on any atom is -0.462 e. The van der Waals surface area contributed by atoms with Crippen molar-refractivity contribution in [3.8, 4) is 6.07 Å². The van der Waals surface area contributed by atoms with Crippen molar-refractivity contribution in [2.24, 2.45) is 10.9 Å². The normalized spacial score (nSPS) is 18.3. The van der Waals surface area contributed by atoms with Crippen molar-refractivity contribution in [2.75, 3.05) is 11.9 Å². The minimum atomic E-state index is -0.941. The summed E-state index contributed by atoms with van der Waals surface area (Å²) in [6, 6.07) is 17.0. The molecule has 2 amide bonds. The van der Waals surface area contributed by atoms with Crippen LogP contribution in [0.15, 0.2) is 59.6 Å². The molecule has 0 saturated carbocycles. The van der Waals surface area contributed by atoms with E-state index in [0.717, 1.165) is 17.3 Å². The average molecular weight is 465 g/mol. The number of benzene rings is 2. The van der Waals surface area contributed by atoms with E-state index in [1.54, 1.807) is 31.2 Å². The number of nitriles is 1. The van der Waals surface area contributed by atoms with Crippen LogP contribution in [0.4, 0.5) is 5.69 Å². The fourth-order valence-corrected chi connectivity index (χ4v) is 4.19. The van der Waals surface area contributed by atoms with E-state index in [0.29, 0.717) is 22.8 Å². The summed E-state index contributed by atoms with van der Waals surface area (Å²) >= 11 is 1.14. The Kier molecular flexibility index (Phi) is 8.22. The molecule has 33 heavy (non-hydrogen) atoms. The number of carbonyl (C=O) groups excluding carboxylic acids is 3. The van der Waals surface area contributed by atoms with E-state index in [4.69, 9.17) is 4.74 Å². The van der Waals surface area contributed by atoms with Crippen LogP contribution in [0.1, 0.15) is 42.2 Å². The van der Waals surface area contributed by atoms with E-state index in [-0.39, 0.29) is 12.5 Å². The van der Waals surface area contributed by atoms with Gasteiger partial charge in [-0.05, 0) is 43.2 Å². The lowest BCUT2D eigenvalue weighted by Crippen LogP contribution is -2.42. The molecule has 3 atom stereocenters. The largest absolute Gasteiger partial charge is 0.462 e. The smallest absolute Gasteiger partial charge is 0.338 e. The number of nitrogens with one attached hydrogen (secondary N) is 2. The zero-order valence-electron chi connectivity index (χ0n) is 18.3. The number of amidine groups is 1. The second-order valence-corrected chi connectivity index (χ2v) is 8.38. The first-order chi connectivity index (χ1) is 16.0. The van der Waals surface area contributed by atoms with Gasteiger partial charge >= 0.3 is 5.97 Å². The highest BCUT2D eigenvalue weighted by Crippen LogP contribution is 2.31. The highest BCUT2D eigenvalue weighted by Gasteiger charge is 2.35. The number of hydrogen-bond donors (Lipinski definition) is 2. The number of carbonyl (C=O) groups is 3. The third kappa shape index (κ3) is 5.99. The van der Waals surface area contributed by atoms with Gasteiger partial charge in [0.1, 0.15) is 6.04 Å². The van der Waals surface area contributed by atoms with Crippen molar-refractivity contribution >= 4 is 40.4 Å². The molecule has 1 heterocycles. The van der Waals surface area contributed by atoms with E-state index in [2.05, 4.69) is 15.6 Å². The molecule has 9 heteroatoms. The fraction of sp³-hybridized carbons (Fsp3) is 0.292. The Bertz CT molecular complexity index is 1080. The molecule has 0 fully saturated rings. The molecular formula is C24H24N4O4S. The molecule has 0 aliphatic carbocycles. The summed E-state index contributed by atoms with van der Waals surface area (Å²) < 4.78 is 4.96. The van der Waals surface area contributed by atoms with Gasteiger partial charge in [-0.15, -0.1) is 0 Å². The predicted octanol–water partition coefficient (Wildman–Crippen LogP) is 3.68. The van der Waals surface area contributed by atoms with E-state index in [1.807, 2.05) is 43.3 Å². The first-order valence-electron chi connectivity index (χ1n) is 10.5. The number of esters is 1. The van der Waals surface area contributed by atoms with Gasteiger partial charge in [0.25, 0.3) is 0 Å². The van der Waals surface area contributed by atoms with Crippen molar-refractivity contribution < 1.29 is 19.1 Å². The summed E-state index contributed by atoms with van der Waals surface area (Å²) in [6.45, 7) is 3.88. The highest BCUT2D eigenvalue weighted by atomic mass is 32.2. The average Bonchev–Trinajstić information content (AvgIpc) is 2.83. The van der Waals surface area contributed by atoms with Crippen LogP contribution in [-0.4, -0.2) is 34.8 Å². The molecule has 0 saturated heterocycles. The second kappa shape index (κ2) is 11.3. The Labute approximate surface area is 196 Å². The maximum absolute atomic E-state index is 12.8. The summed E-state index contributed by atoms with van der Waals surface area (Å²) in [5.74, 6) is -2.06. The Balaban J connectivity index is 1.72. The molecule has 3 unspecified atom stereocenters. The predicted molar refractivity (Wildman–Crippen MR) is 127 cm³/mol. The number of anilines is 1. The lowest BCUT2D eigenvalue weighted by atomic mass is 9.93. The van der Waals surface area contributed by atoms with Gasteiger partial charge in [-0.1, -0.05) is 49.0 Å². The maximum atomic E-state index is 12.8. The monoisotopic (exact) mass is 464 g/mol. The Morgan fingerprint density at radius 1 is 1.18 bits per heavy atom. The van der Waals surface area contributed by atoms with Crippen molar-refractivity contribution in [1.82, 2.24) is 5.32 Å². The zero-order chi connectivity index (χ0) is 23.8. The number of rotatable bonds is 7. The maximum Gasteiger partial charge on any atom is 0.338 e. The lowest BCUT2D eigenvalue weighted by molar-refractivity contribution is -0.123. The topological polar surface area (TPSA) is 121 Å². The van der Waals surface area contributed by atoms with E-state index < -0.39 is 29.1 Å². The van der Waals surface area contributed by atoms with Crippen molar-refractivity contribution in [3.63, 3.8) is 0 Å². The summed E-state index contributed by atoms with van der Waals surface area (Å²) in [7, 11) is 0. The SMILES string of the molecule is CCOC(=O)c1ccc(NC(=O)C(CC)SC2=NC(c3ccccc3)C(C#N)C(=O)N2)cc1. The van der Waals surface area contributed by atoms with Crippen LogP contribution < -0.4 is 10.6 Å². The van der Waals surface area contributed by atoms with Gasteiger partial charge in [0.05, 0.1) is 23.5 Å². The highest BCUT2D eigenvalue weighted by molar-refractivity contribution is 8.15. The van der Waals surface area contributed by atoms with Crippen LogP contribution in [0, 0.1) is 17.2 Å². The van der Waals surface area contributed by atoms with Gasteiger partial charge in [-0.2, -0.15) is 5.26 Å². The molecule has 8 nitrogen and oxygen atoms in total. The molecular weight excluding hydrogens is 440 g/mol. The van der Waals surface area contributed by atoms with Gasteiger partial charge in [-0.3, -0.25) is 14.6 Å². The third-order valence-corrected chi connectivity index (χ3v) is 6.21. The fourth-order valence-electron chi connectivity index (χ4n) is 3.25. The van der Waals surface area contributed by atoms with Crippen LogP contribution in [0.25, 0.3) is 0 Å². The van der Waals surface area contributed by atoms with E-state index in [1.165, 1.54) is 0 Å². The third-order valence-electron chi connectivity index (χ3n) is 4.95.